The number of nitrogens with one attached hydrogen (secondary N) is 1. The molecule has 5 rings (SSSR count). The van der Waals surface area contributed by atoms with Crippen LogP contribution >= 0.6 is 34.4 Å². The van der Waals surface area contributed by atoms with Gasteiger partial charge in [-0.1, -0.05) is 17.8 Å². The van der Waals surface area contributed by atoms with Gasteiger partial charge in [0.25, 0.3) is 16.7 Å². The molecule has 0 aliphatic carbocycles. The lowest BCUT2D eigenvalue weighted by Gasteiger charge is -2.07. The summed E-state index contributed by atoms with van der Waals surface area (Å²) in [7, 11) is 0. The molecule has 0 radical (unpaired) electrons. The normalized spacial score (nSPS) is 12.6. The summed E-state index contributed by atoms with van der Waals surface area (Å²) in [5, 5.41) is 12.8. The smallest absolute Gasteiger partial charge is 0.284 e. The molecule has 0 aliphatic rings. The maximum atomic E-state index is 12.7. The predicted octanol–water partition coefficient (Wildman–Crippen LogP) is 5.21. The molecular weight excluding hydrogens is 416 g/mol. The van der Waals surface area contributed by atoms with Crippen molar-refractivity contribution in [2.75, 3.05) is 0 Å². The molecule has 0 saturated carbocycles. The van der Waals surface area contributed by atoms with Crippen LogP contribution in [0.4, 0.5) is 0 Å². The highest BCUT2D eigenvalue weighted by Gasteiger charge is 2.20. The number of nitrogens with zero attached hydrogens (tertiary/aromatic N) is 3. The largest absolute Gasteiger partial charge is 0.459 e. The SMILES string of the molecule is CC(Sc1nnc(-c2ccco2)o1)c1nc2scc(-c3cccs3)c2c(=O)[nH]1. The number of hydrogen-bond acceptors (Lipinski definition) is 9. The molecule has 0 aromatic carbocycles. The highest BCUT2D eigenvalue weighted by atomic mass is 32.2. The summed E-state index contributed by atoms with van der Waals surface area (Å²) < 4.78 is 10.9. The van der Waals surface area contributed by atoms with Crippen LogP contribution in [0.2, 0.25) is 0 Å². The Bertz CT molecular complexity index is 1290. The van der Waals surface area contributed by atoms with Gasteiger partial charge in [0.15, 0.2) is 5.76 Å². The van der Waals surface area contributed by atoms with Crippen molar-refractivity contribution in [3.8, 4) is 22.1 Å². The van der Waals surface area contributed by atoms with Crippen molar-refractivity contribution < 1.29 is 8.83 Å². The molecule has 0 saturated heterocycles. The van der Waals surface area contributed by atoms with Crippen molar-refractivity contribution in [2.45, 2.75) is 17.4 Å². The first kappa shape index (κ1) is 17.4. The molecule has 1 atom stereocenters. The zero-order valence-corrected chi connectivity index (χ0v) is 16.9. The second kappa shape index (κ2) is 7.04. The molecule has 10 heteroatoms. The summed E-state index contributed by atoms with van der Waals surface area (Å²) in [6, 6.07) is 7.48. The maximum absolute atomic E-state index is 12.7. The van der Waals surface area contributed by atoms with Crippen LogP contribution in [-0.2, 0) is 0 Å². The Balaban J connectivity index is 1.44. The van der Waals surface area contributed by atoms with E-state index in [-0.39, 0.29) is 10.8 Å². The van der Waals surface area contributed by atoms with Gasteiger partial charge in [-0.15, -0.1) is 32.9 Å². The second-order valence-corrected chi connectivity index (χ2v) is 8.97. The number of fused-ring (bicyclic) bond motifs is 1. The van der Waals surface area contributed by atoms with E-state index in [4.69, 9.17) is 8.83 Å². The summed E-state index contributed by atoms with van der Waals surface area (Å²) in [6.07, 6.45) is 1.55. The number of thiophene rings is 2. The zero-order chi connectivity index (χ0) is 19.1. The van der Waals surface area contributed by atoms with E-state index in [1.807, 2.05) is 29.8 Å². The van der Waals surface area contributed by atoms with Crippen molar-refractivity contribution in [1.29, 1.82) is 0 Å². The fourth-order valence-corrected chi connectivity index (χ4v) is 5.25. The van der Waals surface area contributed by atoms with Crippen LogP contribution in [0, 0.1) is 0 Å². The van der Waals surface area contributed by atoms with Crippen molar-refractivity contribution in [3.05, 3.63) is 57.5 Å². The van der Waals surface area contributed by atoms with Gasteiger partial charge in [0.1, 0.15) is 10.7 Å². The van der Waals surface area contributed by atoms with Crippen molar-refractivity contribution in [2.24, 2.45) is 0 Å². The van der Waals surface area contributed by atoms with Crippen LogP contribution in [0.1, 0.15) is 18.0 Å². The van der Waals surface area contributed by atoms with Gasteiger partial charge in [-0.3, -0.25) is 4.79 Å². The topological polar surface area (TPSA) is 97.8 Å². The summed E-state index contributed by atoms with van der Waals surface area (Å²) in [4.78, 5) is 22.1. The minimum atomic E-state index is -0.172. The third-order valence-electron chi connectivity index (χ3n) is 4.05. The Morgan fingerprint density at radius 2 is 2.14 bits per heavy atom. The van der Waals surface area contributed by atoms with E-state index in [0.717, 1.165) is 15.3 Å². The Kier molecular flexibility index (Phi) is 4.38. The molecule has 0 amide bonds. The Morgan fingerprint density at radius 1 is 1.21 bits per heavy atom. The molecule has 1 unspecified atom stereocenters. The third kappa shape index (κ3) is 3.09. The highest BCUT2D eigenvalue weighted by Crippen LogP contribution is 2.36. The van der Waals surface area contributed by atoms with Gasteiger partial charge in [0.05, 0.1) is 16.9 Å². The lowest BCUT2D eigenvalue weighted by atomic mass is 10.2. The van der Waals surface area contributed by atoms with E-state index in [1.54, 1.807) is 29.7 Å². The van der Waals surface area contributed by atoms with E-state index in [1.165, 1.54) is 23.1 Å². The Labute approximate surface area is 170 Å². The average Bonchev–Trinajstić information content (AvgIpc) is 3.46. The zero-order valence-electron chi connectivity index (χ0n) is 14.4. The van der Waals surface area contributed by atoms with Gasteiger partial charge in [-0.25, -0.2) is 4.98 Å². The minimum Gasteiger partial charge on any atom is -0.459 e. The molecule has 28 heavy (non-hydrogen) atoms. The first-order valence-electron chi connectivity index (χ1n) is 8.28. The fraction of sp³-hybridized carbons (Fsp3) is 0.111. The van der Waals surface area contributed by atoms with Gasteiger partial charge in [0, 0.05) is 15.8 Å². The summed E-state index contributed by atoms with van der Waals surface area (Å²) >= 11 is 4.40. The molecule has 0 aliphatic heterocycles. The molecule has 1 N–H and O–H groups in total. The van der Waals surface area contributed by atoms with Gasteiger partial charge in [-0.05, 0) is 30.5 Å². The van der Waals surface area contributed by atoms with Gasteiger partial charge >= 0.3 is 0 Å². The van der Waals surface area contributed by atoms with Gasteiger partial charge in [0.2, 0.25) is 0 Å². The van der Waals surface area contributed by atoms with Crippen LogP contribution in [0.3, 0.4) is 0 Å². The Morgan fingerprint density at radius 3 is 2.93 bits per heavy atom. The number of H-pyrrole nitrogens is 1. The van der Waals surface area contributed by atoms with Crippen LogP contribution < -0.4 is 5.56 Å². The van der Waals surface area contributed by atoms with E-state index in [9.17, 15) is 4.79 Å². The Hall–Kier alpha value is -2.69. The first-order chi connectivity index (χ1) is 13.7. The molecule has 0 fully saturated rings. The van der Waals surface area contributed by atoms with Crippen molar-refractivity contribution in [3.63, 3.8) is 0 Å². The second-order valence-electron chi connectivity index (χ2n) is 5.87. The fourth-order valence-electron chi connectivity index (χ4n) is 2.74. The summed E-state index contributed by atoms with van der Waals surface area (Å²) in [5.41, 5.74) is 0.787. The average molecular weight is 429 g/mol. The number of rotatable bonds is 5. The van der Waals surface area contributed by atoms with E-state index < -0.39 is 0 Å². The molecular formula is C18H12N4O3S3. The van der Waals surface area contributed by atoms with Crippen LogP contribution in [0.5, 0.6) is 0 Å². The van der Waals surface area contributed by atoms with Gasteiger partial charge < -0.3 is 13.8 Å². The maximum Gasteiger partial charge on any atom is 0.284 e. The predicted molar refractivity (Wildman–Crippen MR) is 110 cm³/mol. The molecule has 140 valence electrons. The summed E-state index contributed by atoms with van der Waals surface area (Å²) in [5.74, 6) is 1.40. The number of thioether (sulfide) groups is 1. The van der Waals surface area contributed by atoms with Crippen molar-refractivity contribution in [1.82, 2.24) is 20.2 Å². The summed E-state index contributed by atoms with van der Waals surface area (Å²) in [6.45, 7) is 1.93. The van der Waals surface area contributed by atoms with Crippen molar-refractivity contribution >= 4 is 44.7 Å². The quantitative estimate of drug-likeness (QED) is 0.384. The highest BCUT2D eigenvalue weighted by molar-refractivity contribution is 7.99. The molecule has 0 bridgehead atoms. The number of furan rings is 1. The van der Waals surface area contributed by atoms with Gasteiger partial charge in [-0.2, -0.15) is 0 Å². The lowest BCUT2D eigenvalue weighted by molar-refractivity contribution is 0.446. The third-order valence-corrected chi connectivity index (χ3v) is 6.77. The minimum absolute atomic E-state index is 0.140. The van der Waals surface area contributed by atoms with E-state index in [0.29, 0.717) is 28.1 Å². The van der Waals surface area contributed by atoms with Crippen LogP contribution in [0.25, 0.3) is 32.3 Å². The molecule has 5 heterocycles. The van der Waals surface area contributed by atoms with E-state index in [2.05, 4.69) is 20.2 Å². The first-order valence-corrected chi connectivity index (χ1v) is 10.9. The van der Waals surface area contributed by atoms with Crippen LogP contribution in [-0.4, -0.2) is 20.2 Å². The van der Waals surface area contributed by atoms with Crippen LogP contribution in [0.15, 0.2) is 60.1 Å². The molecule has 5 aromatic heterocycles. The monoisotopic (exact) mass is 428 g/mol. The molecule has 0 spiro atoms. The molecule has 7 nitrogen and oxygen atoms in total. The lowest BCUT2D eigenvalue weighted by Crippen LogP contribution is -2.12. The number of hydrogen-bond donors (Lipinski definition) is 1. The van der Waals surface area contributed by atoms with E-state index >= 15 is 0 Å². The number of aromatic amines is 1. The number of aromatic nitrogens is 4. The molecule has 5 aromatic rings. The standard InChI is InChI=1S/C18H12N4O3S3/c1-9(28-18-22-21-16(25-18)11-4-2-6-24-11)14-19-15(23)13-10(8-27-17(13)20-14)12-5-3-7-26-12/h2-9H,1H3,(H,19,20,23).